The number of aliphatic hydroxyl groups excluding tert-OH is 4. The van der Waals surface area contributed by atoms with Crippen molar-refractivity contribution in [3.05, 3.63) is 36.7 Å². The molecule has 3 rings (SSSR count). The summed E-state index contributed by atoms with van der Waals surface area (Å²) in [4.78, 5) is 22.0. The molecule has 1 fully saturated rings. The Kier molecular flexibility index (Phi) is 9.73. The summed E-state index contributed by atoms with van der Waals surface area (Å²) >= 11 is 0. The SMILES string of the molecule is CC(=O)Nc1cc(-c2ncccn2)ccc1NCCCCCCN1C[C@H](O)[C@@H](O)[C@H](O)[C@H]1CO. The molecule has 0 radical (unpaired) electrons. The van der Waals surface area contributed by atoms with Gasteiger partial charge >= 0.3 is 0 Å². The first kappa shape index (κ1) is 26.0. The lowest BCUT2D eigenvalue weighted by molar-refractivity contribution is -0.145. The minimum atomic E-state index is -1.23. The van der Waals surface area contributed by atoms with E-state index in [-0.39, 0.29) is 19.1 Å². The zero-order valence-corrected chi connectivity index (χ0v) is 19.5. The monoisotopic (exact) mass is 473 g/mol. The molecule has 0 bridgehead atoms. The number of likely N-dealkylation sites (tertiary alicyclic amines) is 1. The number of piperidine rings is 1. The molecule has 2 aromatic rings. The van der Waals surface area contributed by atoms with Gasteiger partial charge in [-0.25, -0.2) is 9.97 Å². The van der Waals surface area contributed by atoms with Crippen LogP contribution in [0.1, 0.15) is 32.6 Å². The summed E-state index contributed by atoms with van der Waals surface area (Å²) in [6.07, 6.45) is 3.67. The van der Waals surface area contributed by atoms with E-state index in [0.29, 0.717) is 18.1 Å². The molecule has 4 atom stereocenters. The number of hydrogen-bond acceptors (Lipinski definition) is 9. The van der Waals surface area contributed by atoms with Crippen LogP contribution in [0.2, 0.25) is 0 Å². The van der Waals surface area contributed by atoms with Crippen molar-refractivity contribution >= 4 is 17.3 Å². The van der Waals surface area contributed by atoms with E-state index < -0.39 is 24.4 Å². The maximum absolute atomic E-state index is 11.7. The molecule has 1 amide bonds. The van der Waals surface area contributed by atoms with Crippen molar-refractivity contribution in [3.8, 4) is 11.4 Å². The quantitative estimate of drug-likeness (QED) is 0.261. The predicted octanol–water partition coefficient (Wildman–Crippen LogP) is 0.833. The molecule has 0 spiro atoms. The Morgan fingerprint density at radius 1 is 1.06 bits per heavy atom. The first-order valence-electron chi connectivity index (χ1n) is 11.7. The second kappa shape index (κ2) is 12.7. The van der Waals surface area contributed by atoms with E-state index in [1.807, 2.05) is 23.1 Å². The topological polar surface area (TPSA) is 151 Å². The molecule has 1 aliphatic rings. The van der Waals surface area contributed by atoms with Crippen LogP contribution in [0.4, 0.5) is 11.4 Å². The van der Waals surface area contributed by atoms with Crippen molar-refractivity contribution < 1.29 is 25.2 Å². The lowest BCUT2D eigenvalue weighted by atomic mass is 9.94. The van der Waals surface area contributed by atoms with Crippen LogP contribution in [0, 0.1) is 0 Å². The van der Waals surface area contributed by atoms with E-state index in [2.05, 4.69) is 20.6 Å². The summed E-state index contributed by atoms with van der Waals surface area (Å²) in [6, 6.07) is 6.88. The van der Waals surface area contributed by atoms with E-state index in [1.54, 1.807) is 18.5 Å². The van der Waals surface area contributed by atoms with E-state index in [9.17, 15) is 25.2 Å². The largest absolute Gasteiger partial charge is 0.395 e. The van der Waals surface area contributed by atoms with E-state index in [1.165, 1.54) is 6.92 Å². The highest BCUT2D eigenvalue weighted by molar-refractivity contribution is 5.93. The van der Waals surface area contributed by atoms with Gasteiger partial charge in [-0.2, -0.15) is 0 Å². The van der Waals surface area contributed by atoms with Gasteiger partial charge in [0.05, 0.1) is 30.1 Å². The smallest absolute Gasteiger partial charge is 0.221 e. The fourth-order valence-corrected chi connectivity index (χ4v) is 4.23. The first-order valence-corrected chi connectivity index (χ1v) is 11.7. The molecule has 10 nitrogen and oxygen atoms in total. The number of β-amino-alcohol motifs (C(OH)–C–C–N with tert-alkyl or cyclic N) is 1. The molecule has 0 aliphatic carbocycles. The number of carbonyl (C=O) groups excluding carboxylic acids is 1. The second-order valence-electron chi connectivity index (χ2n) is 8.65. The molecule has 10 heteroatoms. The van der Waals surface area contributed by atoms with Crippen LogP contribution in [0.25, 0.3) is 11.4 Å². The van der Waals surface area contributed by atoms with Crippen LogP contribution in [-0.2, 0) is 4.79 Å². The Bertz CT molecular complexity index is 916. The van der Waals surface area contributed by atoms with Gasteiger partial charge in [0.1, 0.15) is 12.2 Å². The summed E-state index contributed by atoms with van der Waals surface area (Å²) < 4.78 is 0. The number of nitrogens with zero attached hydrogens (tertiary/aromatic N) is 3. The molecule has 0 unspecified atom stereocenters. The molecular weight excluding hydrogens is 438 g/mol. The second-order valence-corrected chi connectivity index (χ2v) is 8.65. The predicted molar refractivity (Wildman–Crippen MR) is 129 cm³/mol. The number of amides is 1. The summed E-state index contributed by atoms with van der Waals surface area (Å²) in [5.41, 5.74) is 2.32. The number of benzene rings is 1. The van der Waals surface area contributed by atoms with Crippen LogP contribution in [0.15, 0.2) is 36.7 Å². The lowest BCUT2D eigenvalue weighted by Gasteiger charge is -2.43. The summed E-state index contributed by atoms with van der Waals surface area (Å²) in [5, 5.41) is 45.5. The van der Waals surface area contributed by atoms with Crippen molar-refractivity contribution in [2.24, 2.45) is 0 Å². The van der Waals surface area contributed by atoms with Crippen LogP contribution < -0.4 is 10.6 Å². The van der Waals surface area contributed by atoms with Crippen LogP contribution in [0.5, 0.6) is 0 Å². The number of aromatic nitrogens is 2. The summed E-state index contributed by atoms with van der Waals surface area (Å²) in [6.45, 7) is 2.81. The zero-order chi connectivity index (χ0) is 24.5. The van der Waals surface area contributed by atoms with Gasteiger partial charge in [-0.3, -0.25) is 9.69 Å². The molecule has 1 aromatic heterocycles. The molecule has 1 saturated heterocycles. The Labute approximate surface area is 199 Å². The lowest BCUT2D eigenvalue weighted by Crippen LogP contribution is -2.62. The highest BCUT2D eigenvalue weighted by atomic mass is 16.4. The molecule has 2 heterocycles. The third-order valence-corrected chi connectivity index (χ3v) is 6.06. The van der Waals surface area contributed by atoms with Crippen molar-refractivity contribution in [3.63, 3.8) is 0 Å². The normalized spacial score (nSPS) is 23.0. The van der Waals surface area contributed by atoms with Crippen molar-refractivity contribution in [1.82, 2.24) is 14.9 Å². The van der Waals surface area contributed by atoms with E-state index >= 15 is 0 Å². The van der Waals surface area contributed by atoms with Crippen molar-refractivity contribution in [1.29, 1.82) is 0 Å². The molecule has 1 aromatic carbocycles. The maximum Gasteiger partial charge on any atom is 0.221 e. The minimum absolute atomic E-state index is 0.157. The molecule has 186 valence electrons. The zero-order valence-electron chi connectivity index (χ0n) is 19.5. The van der Waals surface area contributed by atoms with Gasteiger partial charge in [0.25, 0.3) is 0 Å². The van der Waals surface area contributed by atoms with Crippen molar-refractivity contribution in [2.75, 3.05) is 36.9 Å². The average molecular weight is 474 g/mol. The number of nitrogens with one attached hydrogen (secondary N) is 2. The molecule has 0 saturated carbocycles. The van der Waals surface area contributed by atoms with Crippen LogP contribution in [0.3, 0.4) is 0 Å². The highest BCUT2D eigenvalue weighted by Gasteiger charge is 2.40. The fraction of sp³-hybridized carbons (Fsp3) is 0.542. The summed E-state index contributed by atoms with van der Waals surface area (Å²) in [5.74, 6) is 0.433. The molecule has 6 N–H and O–H groups in total. The van der Waals surface area contributed by atoms with Gasteiger partial charge in [0.2, 0.25) is 5.91 Å². The number of anilines is 2. The van der Waals surface area contributed by atoms with Gasteiger partial charge < -0.3 is 31.1 Å². The molecule has 34 heavy (non-hydrogen) atoms. The number of rotatable bonds is 11. The Balaban J connectivity index is 1.44. The van der Waals surface area contributed by atoms with Crippen LogP contribution in [-0.4, -0.2) is 91.8 Å². The minimum Gasteiger partial charge on any atom is -0.395 e. The van der Waals surface area contributed by atoms with Crippen LogP contribution >= 0.6 is 0 Å². The number of aliphatic hydroxyl groups is 4. The third-order valence-electron chi connectivity index (χ3n) is 6.06. The standard InChI is InChI=1S/C24H35N5O5/c1-16(31)28-19-13-17(24-26-10-6-11-27-24)7-8-18(19)25-9-4-2-3-5-12-29-14-21(32)23(34)22(33)20(29)15-30/h6-8,10-11,13,20-23,25,30,32-34H,2-5,9,12,14-15H2,1H3,(H,28,31)/t20-,21+,22-,23-/m1/s1. The Hall–Kier alpha value is -2.63. The molecule has 1 aliphatic heterocycles. The van der Waals surface area contributed by atoms with Gasteiger partial charge in [0, 0.05) is 38.0 Å². The Morgan fingerprint density at radius 2 is 1.79 bits per heavy atom. The fourth-order valence-electron chi connectivity index (χ4n) is 4.23. The van der Waals surface area contributed by atoms with Gasteiger partial charge in [-0.05, 0) is 43.7 Å². The van der Waals surface area contributed by atoms with Gasteiger partial charge in [-0.1, -0.05) is 12.8 Å². The number of unbranched alkanes of at least 4 members (excludes halogenated alkanes) is 3. The third kappa shape index (κ3) is 6.94. The van der Waals surface area contributed by atoms with Crippen molar-refractivity contribution in [2.45, 2.75) is 57.0 Å². The number of hydrogen-bond donors (Lipinski definition) is 6. The Morgan fingerprint density at radius 3 is 2.50 bits per heavy atom. The van der Waals surface area contributed by atoms with E-state index in [0.717, 1.165) is 43.5 Å². The summed E-state index contributed by atoms with van der Waals surface area (Å²) in [7, 11) is 0. The molecular formula is C24H35N5O5. The maximum atomic E-state index is 11.7. The first-order chi connectivity index (χ1) is 16.4. The van der Waals surface area contributed by atoms with Gasteiger partial charge in [-0.15, -0.1) is 0 Å². The highest BCUT2D eigenvalue weighted by Crippen LogP contribution is 2.27. The van der Waals surface area contributed by atoms with E-state index in [4.69, 9.17) is 0 Å². The van der Waals surface area contributed by atoms with Gasteiger partial charge in [0.15, 0.2) is 5.82 Å². The number of carbonyl (C=O) groups is 1. The average Bonchev–Trinajstić information content (AvgIpc) is 2.83.